The van der Waals surface area contributed by atoms with Gasteiger partial charge in [0.1, 0.15) is 11.3 Å². The molecule has 0 radical (unpaired) electrons. The minimum Gasteiger partial charge on any atom is -0.491 e. The van der Waals surface area contributed by atoms with Gasteiger partial charge in [-0.05, 0) is 79.9 Å². The molecule has 9 nitrogen and oxygen atoms in total. The van der Waals surface area contributed by atoms with Gasteiger partial charge in [-0.25, -0.2) is 13.2 Å². The van der Waals surface area contributed by atoms with Crippen LogP contribution in [0.4, 0.5) is 18.9 Å². The summed E-state index contributed by atoms with van der Waals surface area (Å²) < 4.78 is 59.0. The number of nitrogens with zero attached hydrogens (tertiary/aromatic N) is 1. The number of methoxy groups -OCH3 is 1. The summed E-state index contributed by atoms with van der Waals surface area (Å²) in [6.07, 6.45) is 3.59. The number of pyridine rings is 1. The zero-order valence-electron chi connectivity index (χ0n) is 23.2. The van der Waals surface area contributed by atoms with Crippen molar-refractivity contribution in [3.8, 4) is 23.0 Å². The van der Waals surface area contributed by atoms with Crippen LogP contribution in [0.15, 0.2) is 60.8 Å². The van der Waals surface area contributed by atoms with Gasteiger partial charge < -0.3 is 30.2 Å². The molecule has 0 spiro atoms. The molecule has 1 saturated heterocycles. The number of nitrogens with one attached hydrogen (secondary N) is 3. The zero-order valence-corrected chi connectivity index (χ0v) is 23.2. The fourth-order valence-corrected chi connectivity index (χ4v) is 4.68. The maximum atomic E-state index is 15.0. The smallest absolute Gasteiger partial charge is 0.313 e. The van der Waals surface area contributed by atoms with Crippen LogP contribution in [0.1, 0.15) is 18.4 Å². The average molecular weight is 595 g/mol. The molecule has 2 amide bonds. The van der Waals surface area contributed by atoms with E-state index in [9.17, 15) is 18.4 Å². The summed E-state index contributed by atoms with van der Waals surface area (Å²) >= 11 is 0. The number of hydrogen-bond donors (Lipinski definition) is 3. The zero-order chi connectivity index (χ0) is 30.3. The van der Waals surface area contributed by atoms with Crippen LogP contribution in [0, 0.1) is 23.4 Å². The van der Waals surface area contributed by atoms with Gasteiger partial charge in [-0.3, -0.25) is 14.6 Å². The molecule has 12 heteroatoms. The number of aromatic nitrogens is 1. The molecule has 1 aliphatic heterocycles. The minimum atomic E-state index is -1.07. The molecule has 3 aromatic carbocycles. The van der Waals surface area contributed by atoms with Gasteiger partial charge >= 0.3 is 11.8 Å². The van der Waals surface area contributed by atoms with Crippen LogP contribution >= 0.6 is 0 Å². The average Bonchev–Trinajstić information content (AvgIpc) is 3.02. The van der Waals surface area contributed by atoms with E-state index in [0.29, 0.717) is 40.7 Å². The summed E-state index contributed by atoms with van der Waals surface area (Å²) in [5, 5.41) is 8.49. The van der Waals surface area contributed by atoms with Crippen LogP contribution in [-0.4, -0.2) is 43.6 Å². The van der Waals surface area contributed by atoms with Crippen LogP contribution in [0.2, 0.25) is 0 Å². The quantitative estimate of drug-likeness (QED) is 0.232. The molecule has 43 heavy (non-hydrogen) atoms. The van der Waals surface area contributed by atoms with Crippen molar-refractivity contribution in [2.45, 2.75) is 19.4 Å². The van der Waals surface area contributed by atoms with E-state index < -0.39 is 29.3 Å². The highest BCUT2D eigenvalue weighted by Gasteiger charge is 2.19. The molecule has 5 rings (SSSR count). The standard InChI is InChI=1S/C31H29F3N4O5/c1-41-29-27(42-17-18-8-11-35-12-9-18)7-4-21-25(10-13-36-28(21)29)43-26-6-3-20(15-24(26)34)38-31(40)30(39)37-16-19-2-5-22(32)23(33)14-19/h2-7,10,13-15,18,35H,8-9,11-12,16-17H2,1H3,(H,37,39)(H,38,40). The van der Waals surface area contributed by atoms with E-state index in [1.54, 1.807) is 18.2 Å². The number of fused-ring (bicyclic) bond motifs is 1. The topological polar surface area (TPSA) is 111 Å². The highest BCUT2D eigenvalue weighted by atomic mass is 19.2. The Morgan fingerprint density at radius 2 is 1.70 bits per heavy atom. The van der Waals surface area contributed by atoms with Crippen molar-refractivity contribution in [2.24, 2.45) is 5.92 Å². The Labute approximate surface area is 245 Å². The molecule has 1 aromatic heterocycles. The lowest BCUT2D eigenvalue weighted by molar-refractivity contribution is -0.136. The van der Waals surface area contributed by atoms with Crippen molar-refractivity contribution in [3.05, 3.63) is 83.8 Å². The van der Waals surface area contributed by atoms with Crippen LogP contribution in [0.5, 0.6) is 23.0 Å². The third kappa shape index (κ3) is 7.15. The van der Waals surface area contributed by atoms with Gasteiger partial charge in [0.15, 0.2) is 34.7 Å². The molecular formula is C31H29F3N4O5. The second-order valence-electron chi connectivity index (χ2n) is 9.94. The number of anilines is 1. The first kappa shape index (κ1) is 29.6. The molecule has 2 heterocycles. The molecular weight excluding hydrogens is 565 g/mol. The number of carbonyl (C=O) groups is 2. The van der Waals surface area contributed by atoms with Crippen LogP contribution in [0.25, 0.3) is 10.9 Å². The van der Waals surface area contributed by atoms with Crippen molar-refractivity contribution in [2.75, 3.05) is 32.1 Å². The minimum absolute atomic E-state index is 0.00891. The van der Waals surface area contributed by atoms with Crippen LogP contribution < -0.4 is 30.2 Å². The number of rotatable bonds is 9. The maximum Gasteiger partial charge on any atom is 0.313 e. The predicted molar refractivity (Wildman–Crippen MR) is 153 cm³/mol. The normalized spacial score (nSPS) is 13.4. The molecule has 1 fully saturated rings. The molecule has 0 saturated carbocycles. The number of carbonyl (C=O) groups excluding carboxylic acids is 2. The Bertz CT molecular complexity index is 1650. The largest absolute Gasteiger partial charge is 0.491 e. The number of halogens is 3. The van der Waals surface area contributed by atoms with Crippen molar-refractivity contribution >= 4 is 28.4 Å². The summed E-state index contributed by atoms with van der Waals surface area (Å²) in [5.41, 5.74) is 0.755. The fourth-order valence-electron chi connectivity index (χ4n) is 4.68. The molecule has 0 bridgehead atoms. The Kier molecular flexibility index (Phi) is 9.26. The van der Waals surface area contributed by atoms with E-state index in [-0.39, 0.29) is 23.5 Å². The van der Waals surface area contributed by atoms with Crippen LogP contribution in [0.3, 0.4) is 0 Å². The molecule has 224 valence electrons. The van der Waals surface area contributed by atoms with E-state index >= 15 is 4.39 Å². The molecule has 3 N–H and O–H groups in total. The number of amides is 2. The van der Waals surface area contributed by atoms with E-state index in [4.69, 9.17) is 14.2 Å². The van der Waals surface area contributed by atoms with Crippen LogP contribution in [-0.2, 0) is 16.1 Å². The summed E-state index contributed by atoms with van der Waals surface area (Å²) in [6.45, 7) is 2.28. The van der Waals surface area contributed by atoms with Gasteiger partial charge in [0.2, 0.25) is 0 Å². The third-order valence-electron chi connectivity index (χ3n) is 6.98. The maximum absolute atomic E-state index is 15.0. The first-order valence-corrected chi connectivity index (χ1v) is 13.6. The molecule has 0 unspecified atom stereocenters. The first-order valence-electron chi connectivity index (χ1n) is 13.6. The summed E-state index contributed by atoms with van der Waals surface area (Å²) in [4.78, 5) is 28.8. The van der Waals surface area contributed by atoms with E-state index in [1.165, 1.54) is 31.5 Å². The number of hydrogen-bond acceptors (Lipinski definition) is 7. The lowest BCUT2D eigenvalue weighted by Gasteiger charge is -2.23. The van der Waals surface area contributed by atoms with Gasteiger partial charge in [-0.15, -0.1) is 0 Å². The highest BCUT2D eigenvalue weighted by Crippen LogP contribution is 2.40. The lowest BCUT2D eigenvalue weighted by Crippen LogP contribution is -2.35. The van der Waals surface area contributed by atoms with E-state index in [1.807, 2.05) is 0 Å². The molecule has 4 aromatic rings. The van der Waals surface area contributed by atoms with Gasteiger partial charge in [0, 0.05) is 29.9 Å². The SMILES string of the molecule is COc1c(OCC2CCNCC2)ccc2c(Oc3ccc(NC(=O)C(=O)NCc4ccc(F)c(F)c4)cc3F)ccnc12. The Hall–Kier alpha value is -4.84. The lowest BCUT2D eigenvalue weighted by atomic mass is 9.99. The summed E-state index contributed by atoms with van der Waals surface area (Å²) in [7, 11) is 1.52. The third-order valence-corrected chi connectivity index (χ3v) is 6.98. The van der Waals surface area contributed by atoms with Crippen molar-refractivity contribution in [3.63, 3.8) is 0 Å². The summed E-state index contributed by atoms with van der Waals surface area (Å²) in [6, 6.07) is 11.9. The monoisotopic (exact) mass is 594 g/mol. The number of benzene rings is 3. The Morgan fingerprint density at radius 3 is 2.44 bits per heavy atom. The van der Waals surface area contributed by atoms with Gasteiger partial charge in [0.05, 0.1) is 13.7 Å². The second-order valence-corrected chi connectivity index (χ2v) is 9.94. The number of piperidine rings is 1. The second kappa shape index (κ2) is 13.4. The first-order chi connectivity index (χ1) is 20.8. The molecule has 1 aliphatic rings. The van der Waals surface area contributed by atoms with E-state index in [2.05, 4.69) is 20.9 Å². The van der Waals surface area contributed by atoms with E-state index in [0.717, 1.165) is 44.1 Å². The predicted octanol–water partition coefficient (Wildman–Crippen LogP) is 5.09. The van der Waals surface area contributed by atoms with Gasteiger partial charge in [-0.1, -0.05) is 6.07 Å². The van der Waals surface area contributed by atoms with Crippen molar-refractivity contribution in [1.82, 2.24) is 15.6 Å². The van der Waals surface area contributed by atoms with Crippen molar-refractivity contribution < 1.29 is 37.0 Å². The Balaban J connectivity index is 1.24. The highest BCUT2D eigenvalue weighted by molar-refractivity contribution is 6.39. The molecule has 0 aliphatic carbocycles. The van der Waals surface area contributed by atoms with Crippen molar-refractivity contribution in [1.29, 1.82) is 0 Å². The van der Waals surface area contributed by atoms with Gasteiger partial charge in [-0.2, -0.15) is 0 Å². The molecule has 0 atom stereocenters. The van der Waals surface area contributed by atoms with Gasteiger partial charge in [0.25, 0.3) is 0 Å². The number of ether oxygens (including phenoxy) is 3. The Morgan fingerprint density at radius 1 is 0.907 bits per heavy atom. The summed E-state index contributed by atoms with van der Waals surface area (Å²) in [5.74, 6) is -3.37. The fraction of sp³-hybridized carbons (Fsp3) is 0.258.